The fourth-order valence-corrected chi connectivity index (χ4v) is 1.80. The number of Topliss-reactive ketones (excluding diaryl/α,β-unsaturated/α-hetero) is 1. The maximum absolute atomic E-state index is 11.4. The van der Waals surface area contributed by atoms with E-state index in [1.165, 1.54) is 0 Å². The van der Waals surface area contributed by atoms with E-state index >= 15 is 0 Å². The van der Waals surface area contributed by atoms with Gasteiger partial charge in [0.1, 0.15) is 12.1 Å². The second kappa shape index (κ2) is 6.06. The summed E-state index contributed by atoms with van der Waals surface area (Å²) in [4.78, 5) is 32.3. The molecule has 0 aliphatic heterocycles. The number of aldehydes is 1. The summed E-state index contributed by atoms with van der Waals surface area (Å²) >= 11 is 0. The Kier molecular flexibility index (Phi) is 4.71. The van der Waals surface area contributed by atoms with Crippen LogP contribution < -0.4 is 0 Å². The molecule has 0 aromatic heterocycles. The SMILES string of the molecule is O=CC1CCC(=O)C1CC#CCCC(=O)O. The Morgan fingerprint density at radius 3 is 2.88 bits per heavy atom. The number of carboxylic acids is 1. The van der Waals surface area contributed by atoms with Crippen LogP contribution >= 0.6 is 0 Å². The molecule has 0 spiro atoms. The Morgan fingerprint density at radius 2 is 2.25 bits per heavy atom. The zero-order valence-corrected chi connectivity index (χ0v) is 8.94. The number of hydrogen-bond acceptors (Lipinski definition) is 3. The van der Waals surface area contributed by atoms with Gasteiger partial charge in [0.05, 0.1) is 6.42 Å². The summed E-state index contributed by atoms with van der Waals surface area (Å²) in [5.74, 6) is 4.26. The van der Waals surface area contributed by atoms with E-state index in [1.807, 2.05) is 0 Å². The first-order valence-corrected chi connectivity index (χ1v) is 5.30. The highest BCUT2D eigenvalue weighted by Gasteiger charge is 2.33. The lowest BCUT2D eigenvalue weighted by Crippen LogP contribution is -2.14. The second-order valence-electron chi connectivity index (χ2n) is 3.86. The first kappa shape index (κ1) is 12.4. The summed E-state index contributed by atoms with van der Waals surface area (Å²) in [6, 6.07) is 0. The molecule has 0 aromatic carbocycles. The highest BCUT2D eigenvalue weighted by atomic mass is 16.4. The predicted octanol–water partition coefficient (Wildman–Crippen LogP) is 1.04. The Morgan fingerprint density at radius 1 is 1.50 bits per heavy atom. The van der Waals surface area contributed by atoms with Gasteiger partial charge in [-0.1, -0.05) is 0 Å². The van der Waals surface area contributed by atoms with Crippen molar-refractivity contribution < 1.29 is 19.5 Å². The number of aliphatic carboxylic acids is 1. The maximum atomic E-state index is 11.4. The summed E-state index contributed by atoms with van der Waals surface area (Å²) < 4.78 is 0. The number of rotatable bonds is 4. The maximum Gasteiger partial charge on any atom is 0.304 e. The number of carboxylic acid groups (broad SMARTS) is 1. The fourth-order valence-electron chi connectivity index (χ4n) is 1.80. The van der Waals surface area contributed by atoms with Gasteiger partial charge >= 0.3 is 5.97 Å². The van der Waals surface area contributed by atoms with Crippen molar-refractivity contribution in [3.8, 4) is 11.8 Å². The number of carbonyl (C=O) groups excluding carboxylic acids is 2. The molecule has 0 heterocycles. The molecule has 1 aliphatic carbocycles. The van der Waals surface area contributed by atoms with E-state index in [4.69, 9.17) is 5.11 Å². The predicted molar refractivity (Wildman–Crippen MR) is 56.5 cm³/mol. The second-order valence-corrected chi connectivity index (χ2v) is 3.86. The molecular formula is C12H14O4. The normalized spacial score (nSPS) is 23.6. The van der Waals surface area contributed by atoms with Crippen molar-refractivity contribution in [2.75, 3.05) is 0 Å². The minimum absolute atomic E-state index is 0.0166. The molecule has 86 valence electrons. The molecule has 2 atom stereocenters. The molecule has 16 heavy (non-hydrogen) atoms. The van der Waals surface area contributed by atoms with Crippen LogP contribution in [0.15, 0.2) is 0 Å². The molecule has 0 amide bonds. The standard InChI is InChI=1S/C12H14O4/c13-8-9-6-7-11(14)10(9)4-2-1-3-5-12(15)16/h8-10H,3-7H2,(H,15,16). The Hall–Kier alpha value is -1.63. The van der Waals surface area contributed by atoms with Gasteiger partial charge in [0.15, 0.2) is 0 Å². The largest absolute Gasteiger partial charge is 0.481 e. The van der Waals surface area contributed by atoms with Gasteiger partial charge in [0, 0.05) is 31.1 Å². The van der Waals surface area contributed by atoms with Crippen LogP contribution in [0, 0.1) is 23.7 Å². The van der Waals surface area contributed by atoms with Gasteiger partial charge in [0.25, 0.3) is 0 Å². The first-order chi connectivity index (χ1) is 7.65. The molecule has 4 heteroatoms. The van der Waals surface area contributed by atoms with Crippen LogP contribution in [-0.2, 0) is 14.4 Å². The van der Waals surface area contributed by atoms with E-state index in [0.717, 1.165) is 6.29 Å². The van der Waals surface area contributed by atoms with Crippen LogP contribution in [0.25, 0.3) is 0 Å². The fraction of sp³-hybridized carbons (Fsp3) is 0.583. The van der Waals surface area contributed by atoms with Crippen LogP contribution in [-0.4, -0.2) is 23.1 Å². The average molecular weight is 222 g/mol. The summed E-state index contributed by atoms with van der Waals surface area (Å²) in [7, 11) is 0. The van der Waals surface area contributed by atoms with E-state index in [-0.39, 0.29) is 24.0 Å². The van der Waals surface area contributed by atoms with E-state index < -0.39 is 5.97 Å². The number of ketones is 1. The summed E-state index contributed by atoms with van der Waals surface area (Å²) in [5, 5.41) is 8.38. The monoisotopic (exact) mass is 222 g/mol. The third-order valence-corrected chi connectivity index (χ3v) is 2.74. The van der Waals surface area contributed by atoms with Crippen molar-refractivity contribution in [3.63, 3.8) is 0 Å². The lowest BCUT2D eigenvalue weighted by atomic mass is 9.94. The van der Waals surface area contributed by atoms with Gasteiger partial charge in [-0.05, 0) is 6.42 Å². The zero-order chi connectivity index (χ0) is 12.0. The molecule has 1 saturated carbocycles. The smallest absolute Gasteiger partial charge is 0.304 e. The number of carbonyl (C=O) groups is 3. The summed E-state index contributed by atoms with van der Waals surface area (Å²) in [5.41, 5.74) is 0. The van der Waals surface area contributed by atoms with Crippen molar-refractivity contribution in [1.29, 1.82) is 0 Å². The zero-order valence-electron chi connectivity index (χ0n) is 8.94. The highest BCUT2D eigenvalue weighted by Crippen LogP contribution is 2.29. The highest BCUT2D eigenvalue weighted by molar-refractivity contribution is 5.87. The quantitative estimate of drug-likeness (QED) is 0.569. The lowest BCUT2D eigenvalue weighted by Gasteiger charge is -2.07. The molecule has 0 radical (unpaired) electrons. The van der Waals surface area contributed by atoms with Crippen LogP contribution in [0.2, 0.25) is 0 Å². The molecule has 1 rings (SSSR count). The van der Waals surface area contributed by atoms with E-state index in [9.17, 15) is 14.4 Å². The Labute approximate surface area is 94.0 Å². The molecule has 0 saturated heterocycles. The van der Waals surface area contributed by atoms with Gasteiger partial charge in [-0.3, -0.25) is 9.59 Å². The van der Waals surface area contributed by atoms with E-state index in [2.05, 4.69) is 11.8 Å². The summed E-state index contributed by atoms with van der Waals surface area (Å²) in [6.45, 7) is 0. The molecular weight excluding hydrogens is 208 g/mol. The third-order valence-electron chi connectivity index (χ3n) is 2.74. The average Bonchev–Trinajstić information content (AvgIpc) is 2.59. The van der Waals surface area contributed by atoms with Crippen molar-refractivity contribution >= 4 is 18.0 Å². The van der Waals surface area contributed by atoms with Crippen LogP contribution in [0.4, 0.5) is 0 Å². The molecule has 2 unspecified atom stereocenters. The number of hydrogen-bond donors (Lipinski definition) is 1. The first-order valence-electron chi connectivity index (χ1n) is 5.30. The molecule has 1 aliphatic rings. The van der Waals surface area contributed by atoms with Crippen molar-refractivity contribution in [3.05, 3.63) is 0 Å². The van der Waals surface area contributed by atoms with Gasteiger partial charge in [-0.2, -0.15) is 0 Å². The van der Waals surface area contributed by atoms with Crippen molar-refractivity contribution in [1.82, 2.24) is 0 Å². The van der Waals surface area contributed by atoms with Gasteiger partial charge in [0.2, 0.25) is 0 Å². The van der Waals surface area contributed by atoms with Crippen molar-refractivity contribution in [2.45, 2.75) is 32.1 Å². The van der Waals surface area contributed by atoms with Gasteiger partial charge in [-0.25, -0.2) is 0 Å². The van der Waals surface area contributed by atoms with E-state index in [0.29, 0.717) is 25.7 Å². The van der Waals surface area contributed by atoms with Crippen LogP contribution in [0.5, 0.6) is 0 Å². The minimum atomic E-state index is -0.878. The third kappa shape index (κ3) is 3.50. The van der Waals surface area contributed by atoms with Crippen LogP contribution in [0.3, 0.4) is 0 Å². The van der Waals surface area contributed by atoms with Gasteiger partial charge in [-0.15, -0.1) is 11.8 Å². The van der Waals surface area contributed by atoms with Crippen molar-refractivity contribution in [2.24, 2.45) is 11.8 Å². The Balaban J connectivity index is 2.38. The molecule has 1 fully saturated rings. The van der Waals surface area contributed by atoms with Gasteiger partial charge < -0.3 is 9.90 Å². The van der Waals surface area contributed by atoms with E-state index in [1.54, 1.807) is 0 Å². The summed E-state index contributed by atoms with van der Waals surface area (Å²) in [6.07, 6.45) is 2.61. The molecule has 0 aromatic rings. The lowest BCUT2D eigenvalue weighted by molar-refractivity contribution is -0.136. The Bertz CT molecular complexity index is 348. The minimum Gasteiger partial charge on any atom is -0.481 e. The van der Waals surface area contributed by atoms with Crippen LogP contribution in [0.1, 0.15) is 32.1 Å². The molecule has 4 nitrogen and oxygen atoms in total. The molecule has 1 N–H and O–H groups in total. The topological polar surface area (TPSA) is 71.4 Å². The molecule has 0 bridgehead atoms.